The average Bonchev–Trinajstić information content (AvgIpc) is 2.53. The molecule has 0 aliphatic carbocycles. The zero-order chi connectivity index (χ0) is 15.8. The Hall–Kier alpha value is -2.65. The Balaban J connectivity index is 1.85. The van der Waals surface area contributed by atoms with Crippen molar-refractivity contribution in [3.05, 3.63) is 64.1 Å². The number of benzene rings is 2. The number of halogens is 1. The fourth-order valence-electron chi connectivity index (χ4n) is 1.63. The summed E-state index contributed by atoms with van der Waals surface area (Å²) < 4.78 is 6.23. The number of rotatable bonds is 5. The van der Waals surface area contributed by atoms with Gasteiger partial charge in [0.05, 0.1) is 11.8 Å². The van der Waals surface area contributed by atoms with Crippen LogP contribution in [0.25, 0.3) is 0 Å². The second-order valence-corrected chi connectivity index (χ2v) is 5.16. The number of carbonyl (C=O) groups excluding carboxylic acids is 1. The molecule has 1 N–H and O–H groups in total. The van der Waals surface area contributed by atoms with Crippen LogP contribution in [-0.2, 0) is 4.79 Å². The van der Waals surface area contributed by atoms with Crippen LogP contribution in [0.15, 0.2) is 58.1 Å². The molecule has 1 amide bonds. The van der Waals surface area contributed by atoms with Crippen molar-refractivity contribution in [2.75, 3.05) is 6.61 Å². The van der Waals surface area contributed by atoms with Crippen molar-refractivity contribution >= 4 is 28.1 Å². The van der Waals surface area contributed by atoms with Crippen LogP contribution in [0.1, 0.15) is 11.1 Å². The first-order valence-corrected chi connectivity index (χ1v) is 7.18. The number of para-hydroxylation sites is 1. The monoisotopic (exact) mass is 357 g/mol. The Morgan fingerprint density at radius 1 is 1.32 bits per heavy atom. The lowest BCUT2D eigenvalue weighted by Crippen LogP contribution is -2.24. The van der Waals surface area contributed by atoms with Gasteiger partial charge in [0.25, 0.3) is 5.91 Å². The second-order valence-electron chi connectivity index (χ2n) is 4.24. The van der Waals surface area contributed by atoms with Gasteiger partial charge >= 0.3 is 0 Å². The van der Waals surface area contributed by atoms with E-state index in [4.69, 9.17) is 10.00 Å². The van der Waals surface area contributed by atoms with E-state index >= 15 is 0 Å². The molecule has 0 heterocycles. The first-order chi connectivity index (χ1) is 10.7. The topological polar surface area (TPSA) is 74.5 Å². The number of carbonyl (C=O) groups is 1. The fraction of sp³-hybridized carbons (Fsp3) is 0.0625. The van der Waals surface area contributed by atoms with Crippen LogP contribution in [0, 0.1) is 11.3 Å². The van der Waals surface area contributed by atoms with E-state index in [1.165, 1.54) is 6.21 Å². The van der Waals surface area contributed by atoms with Crippen molar-refractivity contribution in [2.45, 2.75) is 0 Å². The van der Waals surface area contributed by atoms with E-state index in [0.717, 1.165) is 10.0 Å². The standard InChI is InChI=1S/C16H12BrN3O2/c17-14-6-3-4-12(8-14)10-19-20-16(21)11-22-15-7-2-1-5-13(15)9-18/h1-8,10H,11H2,(H,20,21). The van der Waals surface area contributed by atoms with Gasteiger partial charge in [-0.15, -0.1) is 0 Å². The molecule has 6 heteroatoms. The third kappa shape index (κ3) is 4.72. The number of nitriles is 1. The van der Waals surface area contributed by atoms with Crippen LogP contribution in [0.2, 0.25) is 0 Å². The molecule has 22 heavy (non-hydrogen) atoms. The summed E-state index contributed by atoms with van der Waals surface area (Å²) in [5.41, 5.74) is 3.60. The van der Waals surface area contributed by atoms with Gasteiger partial charge in [-0.25, -0.2) is 5.43 Å². The molecule has 5 nitrogen and oxygen atoms in total. The molecule has 0 radical (unpaired) electrons. The van der Waals surface area contributed by atoms with Crippen LogP contribution >= 0.6 is 15.9 Å². The molecular formula is C16H12BrN3O2. The number of nitrogens with one attached hydrogen (secondary N) is 1. The third-order valence-corrected chi connectivity index (χ3v) is 3.11. The Morgan fingerprint density at radius 3 is 2.91 bits per heavy atom. The van der Waals surface area contributed by atoms with Gasteiger partial charge in [0, 0.05) is 4.47 Å². The fourth-order valence-corrected chi connectivity index (χ4v) is 2.04. The van der Waals surface area contributed by atoms with Gasteiger partial charge < -0.3 is 4.74 Å². The van der Waals surface area contributed by atoms with E-state index in [1.54, 1.807) is 24.3 Å². The Bertz CT molecular complexity index is 738. The van der Waals surface area contributed by atoms with Gasteiger partial charge in [-0.2, -0.15) is 10.4 Å². The number of hydrazone groups is 1. The van der Waals surface area contributed by atoms with Gasteiger partial charge in [0.2, 0.25) is 0 Å². The summed E-state index contributed by atoms with van der Waals surface area (Å²) in [5, 5.41) is 12.8. The molecule has 0 fully saturated rings. The summed E-state index contributed by atoms with van der Waals surface area (Å²) in [4.78, 5) is 11.6. The number of hydrogen-bond acceptors (Lipinski definition) is 4. The van der Waals surface area contributed by atoms with Gasteiger partial charge in [0.1, 0.15) is 11.8 Å². The molecule has 0 saturated carbocycles. The highest BCUT2D eigenvalue weighted by Gasteiger charge is 2.05. The van der Waals surface area contributed by atoms with Gasteiger partial charge in [-0.05, 0) is 29.8 Å². The normalized spacial score (nSPS) is 10.2. The van der Waals surface area contributed by atoms with Crippen molar-refractivity contribution in [3.8, 4) is 11.8 Å². The van der Waals surface area contributed by atoms with Crippen molar-refractivity contribution in [2.24, 2.45) is 5.10 Å². The molecule has 110 valence electrons. The van der Waals surface area contributed by atoms with E-state index < -0.39 is 5.91 Å². The summed E-state index contributed by atoms with van der Waals surface area (Å²) in [5.74, 6) is -0.0323. The summed E-state index contributed by atoms with van der Waals surface area (Å²) in [6.45, 7) is -0.214. The molecule has 0 aliphatic rings. The van der Waals surface area contributed by atoms with Gasteiger partial charge in [0.15, 0.2) is 6.61 Å². The number of hydrogen-bond donors (Lipinski definition) is 1. The minimum atomic E-state index is -0.404. The predicted octanol–water partition coefficient (Wildman–Crippen LogP) is 2.85. The maximum atomic E-state index is 11.6. The smallest absolute Gasteiger partial charge is 0.277 e. The molecule has 0 atom stereocenters. The third-order valence-electron chi connectivity index (χ3n) is 2.62. The van der Waals surface area contributed by atoms with Gasteiger partial charge in [-0.3, -0.25) is 4.79 Å². The zero-order valence-electron chi connectivity index (χ0n) is 11.5. The first-order valence-electron chi connectivity index (χ1n) is 6.38. The maximum Gasteiger partial charge on any atom is 0.277 e. The largest absolute Gasteiger partial charge is 0.482 e. The van der Waals surface area contributed by atoms with Crippen LogP contribution in [0.5, 0.6) is 5.75 Å². The SMILES string of the molecule is N#Cc1ccccc1OCC(=O)NN=Cc1cccc(Br)c1. The quantitative estimate of drug-likeness (QED) is 0.660. The lowest BCUT2D eigenvalue weighted by Gasteiger charge is -2.06. The van der Waals surface area contributed by atoms with Crippen molar-refractivity contribution < 1.29 is 9.53 Å². The van der Waals surface area contributed by atoms with Crippen molar-refractivity contribution in [3.63, 3.8) is 0 Å². The number of amides is 1. The summed E-state index contributed by atoms with van der Waals surface area (Å²) in [6, 6.07) is 16.2. The molecule has 2 aromatic carbocycles. The highest BCUT2D eigenvalue weighted by atomic mass is 79.9. The molecule has 2 rings (SSSR count). The molecular weight excluding hydrogens is 346 g/mol. The van der Waals surface area contributed by atoms with Crippen LogP contribution in [0.4, 0.5) is 0 Å². The van der Waals surface area contributed by atoms with Gasteiger partial charge in [-0.1, -0.05) is 40.2 Å². The lowest BCUT2D eigenvalue weighted by atomic mass is 10.2. The lowest BCUT2D eigenvalue weighted by molar-refractivity contribution is -0.123. The maximum absolute atomic E-state index is 11.6. The van der Waals surface area contributed by atoms with E-state index in [2.05, 4.69) is 26.5 Å². The van der Waals surface area contributed by atoms with Crippen LogP contribution in [-0.4, -0.2) is 18.7 Å². The zero-order valence-corrected chi connectivity index (χ0v) is 13.1. The molecule has 0 bridgehead atoms. The van der Waals surface area contributed by atoms with Crippen molar-refractivity contribution in [1.82, 2.24) is 5.43 Å². The van der Waals surface area contributed by atoms with E-state index in [1.807, 2.05) is 30.3 Å². The number of ether oxygens (including phenoxy) is 1. The summed E-state index contributed by atoms with van der Waals surface area (Å²) in [7, 11) is 0. The summed E-state index contributed by atoms with van der Waals surface area (Å²) in [6.07, 6.45) is 1.53. The minimum Gasteiger partial charge on any atom is -0.482 e. The van der Waals surface area contributed by atoms with Crippen molar-refractivity contribution in [1.29, 1.82) is 5.26 Å². The van der Waals surface area contributed by atoms with Crippen LogP contribution < -0.4 is 10.2 Å². The van der Waals surface area contributed by atoms with Crippen LogP contribution in [0.3, 0.4) is 0 Å². The molecule has 0 aromatic heterocycles. The van der Waals surface area contributed by atoms with E-state index in [-0.39, 0.29) is 6.61 Å². The second kappa shape index (κ2) is 7.96. The Kier molecular flexibility index (Phi) is 5.69. The molecule has 0 aliphatic heterocycles. The molecule has 0 saturated heterocycles. The highest BCUT2D eigenvalue weighted by molar-refractivity contribution is 9.10. The van der Waals surface area contributed by atoms with E-state index in [0.29, 0.717) is 11.3 Å². The summed E-state index contributed by atoms with van der Waals surface area (Å²) >= 11 is 3.35. The first kappa shape index (κ1) is 15.7. The Morgan fingerprint density at radius 2 is 2.14 bits per heavy atom. The molecule has 0 unspecified atom stereocenters. The van der Waals surface area contributed by atoms with E-state index in [9.17, 15) is 4.79 Å². The minimum absolute atomic E-state index is 0.214. The number of nitrogens with zero attached hydrogens (tertiary/aromatic N) is 2. The molecule has 0 spiro atoms. The highest BCUT2D eigenvalue weighted by Crippen LogP contribution is 2.16. The predicted molar refractivity (Wildman–Crippen MR) is 86.5 cm³/mol. The Labute approximate surface area is 136 Å². The average molecular weight is 358 g/mol. The molecule has 2 aromatic rings.